The molecule has 0 saturated carbocycles. The first-order valence-electron chi connectivity index (χ1n) is 40.4. The molecule has 0 fully saturated rings. The molecule has 24 heteroatoms. The van der Waals surface area contributed by atoms with Crippen LogP contribution < -0.4 is 18.9 Å². The van der Waals surface area contributed by atoms with Crippen molar-refractivity contribution in [2.75, 3.05) is 0 Å². The average Bonchev–Trinajstić information content (AvgIpc) is 1.46. The number of thiophene rings is 2. The number of aromatic nitrogens is 8. The van der Waals surface area contributed by atoms with E-state index in [9.17, 15) is 0 Å². The summed E-state index contributed by atoms with van der Waals surface area (Å²) in [4.78, 5) is 35.7. The Hall–Kier alpha value is -12.0. The maximum Gasteiger partial charge on any atom is 0.221 e. The summed E-state index contributed by atoms with van der Waals surface area (Å²) >= 11 is 9.50. The van der Waals surface area contributed by atoms with Crippen molar-refractivity contribution in [2.24, 2.45) is 0 Å². The van der Waals surface area contributed by atoms with E-state index in [0.717, 1.165) is 66.5 Å². The zero-order valence-corrected chi connectivity index (χ0v) is 84.3. The van der Waals surface area contributed by atoms with Crippen LogP contribution in [0.15, 0.2) is 397 Å². The fourth-order valence-electron chi connectivity index (χ4n) is 14.2. The second-order valence-corrected chi connectivity index (χ2v) is 30.3. The number of hydrogen-bond donors (Lipinski definition) is 0. The number of rotatable bonds is 20. The summed E-state index contributed by atoms with van der Waals surface area (Å²) in [6.07, 6.45) is 17.1. The number of benzene rings is 8. The molecule has 0 aliphatic rings. The number of furan rings is 2. The minimum Gasteiger partial charge on any atom is -0.542 e. The predicted octanol–water partition coefficient (Wildman–Crippen LogP) is 31.6. The Morgan fingerprint density at radius 1 is 0.258 bits per heavy atom. The molecule has 20 aromatic rings. The summed E-state index contributed by atoms with van der Waals surface area (Å²) < 4.78 is 34.0. The molecule has 0 N–H and O–H groups in total. The van der Waals surface area contributed by atoms with E-state index < -0.39 is 0 Å². The average molecular weight is 2570 g/mol. The number of pyridine rings is 8. The van der Waals surface area contributed by atoms with Gasteiger partial charge in [-0.3, -0.25) is 0 Å². The van der Waals surface area contributed by atoms with Crippen molar-refractivity contribution in [2.45, 2.75) is 27.7 Å². The Bertz CT molecular complexity index is 6470. The number of ether oxygens (including phenoxy) is 4. The van der Waals surface area contributed by atoms with Gasteiger partial charge in [0, 0.05) is 97.3 Å². The van der Waals surface area contributed by atoms with Gasteiger partial charge < -0.3 is 47.7 Å². The van der Waals surface area contributed by atoms with E-state index in [1.165, 1.54) is 95.5 Å². The molecule has 0 aliphatic heterocycles. The van der Waals surface area contributed by atoms with E-state index in [0.29, 0.717) is 51.5 Å². The SMILES string of the molecule is Cc1cc(-c2ccccc2)cc(C)c1-c1ccnc(-c2[c-]c(Oc3ccccn3)cs2)c1.Cc1cc(-c2ccccc2)cc(C)c1-c1ccnc(-c2[c-]c(Oc3ccccn3)sc2)c1.[Cl][Pt+].[Cl][Pt+].[Cl][Pt+].[Cl][Pt+].[c-]1c(-c2cc(-c3ccc(-c4ccccc4)cc3)ccn2)coc1Oc1ccccn1.[c-]1c(Oc2ccccn2)coc1-c1cc(-c2ccc(-c3ccccc3)cc2)ccn1. The standard InChI is InChI=1S/2C28H21N2OS.2C26H17N2O2.4ClH.4Pt/c1-19-14-23(21-8-4-3-5-9-21)15-20(2)28(19)22-11-13-29-25(16-22)26-17-24(18-32-26)31-27-10-6-7-12-30-27;1-19-14-23(21-8-4-3-5-9-21)15-20(2)28(19)22-11-13-29-25(16-22)24-17-27(32-18-24)31-26-10-6-7-12-30-26;1-2-6-19(7-3-1)20-9-11-21(12-10-20)22-13-15-27-24(16-22)25-17-23(18-29-25)30-26-8-4-5-14-28-26;1-2-6-19(7-3-1)20-9-11-21(12-10-20)22-13-15-27-24(16-22)23-17-26(29-18-23)30-25-8-4-5-14-28-25;;;;;;;;/h2*3-16,18H,1-2H3;2*1-16,18H;4*1H;;;;/q4*-1;;;;;4*+2/p-4. The minimum absolute atomic E-state index is 0.253. The Labute approximate surface area is 836 Å². The van der Waals surface area contributed by atoms with Gasteiger partial charge in [0.2, 0.25) is 29.5 Å². The van der Waals surface area contributed by atoms with Crippen LogP contribution in [0, 0.1) is 52.0 Å². The van der Waals surface area contributed by atoms with E-state index in [1.54, 1.807) is 142 Å². The summed E-state index contributed by atoms with van der Waals surface area (Å²) in [6.45, 7) is 8.69. The zero-order valence-electron chi connectivity index (χ0n) is 70.6. The van der Waals surface area contributed by atoms with Crippen LogP contribution in [0.25, 0.3) is 134 Å². The van der Waals surface area contributed by atoms with Gasteiger partial charge in [0.05, 0.1) is 5.75 Å². The van der Waals surface area contributed by atoms with Gasteiger partial charge in [-0.25, -0.2) is 31.3 Å². The molecule has 132 heavy (non-hydrogen) atoms. The van der Waals surface area contributed by atoms with Crippen molar-refractivity contribution < 1.29 is 103 Å². The third-order valence-electron chi connectivity index (χ3n) is 20.0. The van der Waals surface area contributed by atoms with E-state index in [2.05, 4.69) is 299 Å². The molecular formula is C108H76Cl4N8O6Pt4S2. The Kier molecular flexibility index (Phi) is 37.8. The van der Waals surface area contributed by atoms with E-state index in [-0.39, 0.29) is 5.95 Å². The van der Waals surface area contributed by atoms with E-state index >= 15 is 0 Å². The molecule has 0 amide bonds. The number of aryl methyl sites for hydroxylation is 4. The van der Waals surface area contributed by atoms with Crippen LogP contribution in [0.3, 0.4) is 0 Å². The Morgan fingerprint density at radius 2 is 0.606 bits per heavy atom. The van der Waals surface area contributed by atoms with Crippen LogP contribution >= 0.6 is 60.3 Å². The molecule has 0 saturated heterocycles. The summed E-state index contributed by atoms with van der Waals surface area (Å²) in [5, 5.41) is 4.62. The molecule has 664 valence electrons. The van der Waals surface area contributed by atoms with Crippen LogP contribution in [-0.2, 0) is 75.1 Å². The third-order valence-corrected chi connectivity index (χ3v) is 21.7. The largest absolute Gasteiger partial charge is 0.542 e. The molecule has 20 rings (SSSR count). The van der Waals surface area contributed by atoms with Gasteiger partial charge in [0.25, 0.3) is 0 Å². The fourth-order valence-corrected chi connectivity index (χ4v) is 15.6. The smallest absolute Gasteiger partial charge is 0.221 e. The van der Waals surface area contributed by atoms with Crippen molar-refractivity contribution in [3.8, 4) is 180 Å². The van der Waals surface area contributed by atoms with Gasteiger partial charge in [0.1, 0.15) is 5.06 Å². The van der Waals surface area contributed by atoms with Crippen LogP contribution in [0.2, 0.25) is 0 Å². The monoisotopic (exact) mass is 2560 g/mol. The Morgan fingerprint density at radius 3 is 1.05 bits per heavy atom. The number of halogens is 4. The number of nitrogens with zero attached hydrogens (tertiary/aromatic N) is 8. The van der Waals surface area contributed by atoms with Gasteiger partial charge in [-0.15, -0.1) is 23.1 Å². The second kappa shape index (κ2) is 51.2. The van der Waals surface area contributed by atoms with Crippen molar-refractivity contribution in [1.29, 1.82) is 0 Å². The first kappa shape index (κ1) is 97.6. The summed E-state index contributed by atoms with van der Waals surface area (Å²) in [6, 6.07) is 119. The van der Waals surface area contributed by atoms with Crippen molar-refractivity contribution in [3.05, 3.63) is 435 Å². The minimum atomic E-state index is 0.253. The molecular weight excluding hydrogens is 2490 g/mol. The quantitative estimate of drug-likeness (QED) is 0.0661. The third kappa shape index (κ3) is 27.1. The van der Waals surface area contributed by atoms with Crippen LogP contribution in [0.4, 0.5) is 0 Å². The predicted molar refractivity (Wildman–Crippen MR) is 517 cm³/mol. The van der Waals surface area contributed by atoms with E-state index in [4.69, 9.17) is 27.8 Å². The maximum absolute atomic E-state index is 5.81. The van der Waals surface area contributed by atoms with Gasteiger partial charge in [-0.05, 0) is 211 Å². The first-order chi connectivity index (χ1) is 65.0. The Balaban J connectivity index is 0.000000146. The van der Waals surface area contributed by atoms with Crippen LogP contribution in [0.1, 0.15) is 22.3 Å². The molecule has 14 nitrogen and oxygen atoms in total. The van der Waals surface area contributed by atoms with Crippen molar-refractivity contribution >= 4 is 60.3 Å². The molecule has 0 aliphatic carbocycles. The molecule has 0 atom stereocenters. The van der Waals surface area contributed by atoms with Gasteiger partial charge >= 0.3 is 113 Å². The van der Waals surface area contributed by atoms with Crippen LogP contribution in [-0.4, -0.2) is 39.9 Å². The fraction of sp³-hybridized carbons (Fsp3) is 0.0370. The van der Waals surface area contributed by atoms with Gasteiger partial charge in [-0.1, -0.05) is 265 Å². The molecule has 0 spiro atoms. The normalized spacial score (nSPS) is 10.3. The molecule has 0 bridgehead atoms. The van der Waals surface area contributed by atoms with Gasteiger partial charge in [0.15, 0.2) is 0 Å². The van der Waals surface area contributed by atoms with Crippen molar-refractivity contribution in [1.82, 2.24) is 39.9 Å². The maximum atomic E-state index is 5.81. The van der Waals surface area contributed by atoms with Gasteiger partial charge in [-0.2, -0.15) is 16.9 Å². The molecule has 0 radical (unpaired) electrons. The molecule has 12 heterocycles. The summed E-state index contributed by atoms with van der Waals surface area (Å²) in [5.74, 6) is 3.93. The van der Waals surface area contributed by atoms with E-state index in [1.807, 2.05) is 157 Å². The summed E-state index contributed by atoms with van der Waals surface area (Å²) in [7, 11) is 18.4. The van der Waals surface area contributed by atoms with Crippen molar-refractivity contribution in [3.63, 3.8) is 0 Å². The van der Waals surface area contributed by atoms with Crippen LogP contribution in [0.5, 0.6) is 46.0 Å². The zero-order chi connectivity index (χ0) is 92.2. The number of hydrogen-bond acceptors (Lipinski definition) is 16. The topological polar surface area (TPSA) is 166 Å². The molecule has 8 aromatic carbocycles. The summed E-state index contributed by atoms with van der Waals surface area (Å²) in [5.41, 5.74) is 28.7. The molecule has 0 unspecified atom stereocenters. The first-order valence-corrected chi connectivity index (χ1v) is 53.4. The second-order valence-electron chi connectivity index (χ2n) is 28.6. The molecule has 12 aromatic heterocycles.